The number of hydrogen-bond acceptors (Lipinski definition) is 1. The van der Waals surface area contributed by atoms with E-state index in [1.807, 2.05) is 0 Å². The van der Waals surface area contributed by atoms with Crippen molar-refractivity contribution in [1.29, 1.82) is 0 Å². The van der Waals surface area contributed by atoms with E-state index in [1.165, 1.54) is 18.9 Å². The predicted molar refractivity (Wildman–Crippen MR) is 63.2 cm³/mol. The van der Waals surface area contributed by atoms with Gasteiger partial charge in [0.2, 0.25) is 0 Å². The molecule has 0 aromatic heterocycles. The first kappa shape index (κ1) is 12.0. The Morgan fingerprint density at radius 1 is 1.19 bits per heavy atom. The molecule has 2 rings (SSSR count). The smallest absolute Gasteiger partial charge is 0.137 e. The first-order valence-electron chi connectivity index (χ1n) is 5.54. The van der Waals surface area contributed by atoms with Crippen LogP contribution < -0.4 is 5.32 Å². The summed E-state index contributed by atoms with van der Waals surface area (Å²) in [5.74, 6) is -0.775. The minimum absolute atomic E-state index is 0.234. The quantitative estimate of drug-likeness (QED) is 0.836. The molecule has 16 heavy (non-hydrogen) atoms. The Morgan fingerprint density at radius 2 is 1.81 bits per heavy atom. The van der Waals surface area contributed by atoms with Crippen LogP contribution in [0.3, 0.4) is 0 Å². The van der Waals surface area contributed by atoms with Gasteiger partial charge in [-0.1, -0.05) is 12.8 Å². The van der Waals surface area contributed by atoms with Crippen LogP contribution >= 0.6 is 15.9 Å². The van der Waals surface area contributed by atoms with Gasteiger partial charge < -0.3 is 5.32 Å². The molecule has 0 unspecified atom stereocenters. The fraction of sp³-hybridized carbons (Fsp3) is 0.500. The Balaban J connectivity index is 2.05. The molecule has 1 nitrogen and oxygen atoms in total. The van der Waals surface area contributed by atoms with Crippen LogP contribution in [0, 0.1) is 11.6 Å². The summed E-state index contributed by atoms with van der Waals surface area (Å²) in [5, 5.41) is 3.27. The van der Waals surface area contributed by atoms with Gasteiger partial charge in [-0.15, -0.1) is 0 Å². The number of halogens is 3. The molecule has 0 saturated heterocycles. The summed E-state index contributed by atoms with van der Waals surface area (Å²) < 4.78 is 26.9. The van der Waals surface area contributed by atoms with E-state index in [9.17, 15) is 8.78 Å². The molecule has 0 heterocycles. The summed E-state index contributed by atoms with van der Waals surface area (Å²) >= 11 is 3.09. The zero-order valence-corrected chi connectivity index (χ0v) is 10.5. The molecule has 0 spiro atoms. The third-order valence-electron chi connectivity index (χ3n) is 3.06. The molecule has 0 atom stereocenters. The summed E-state index contributed by atoms with van der Waals surface area (Å²) in [5.41, 5.74) is 0.381. The van der Waals surface area contributed by atoms with Gasteiger partial charge in [0.25, 0.3) is 0 Å². The Labute approximate surface area is 102 Å². The molecule has 0 aliphatic heterocycles. The normalized spacial score (nSPS) is 16.9. The van der Waals surface area contributed by atoms with E-state index in [4.69, 9.17) is 0 Å². The minimum atomic E-state index is -0.412. The average Bonchev–Trinajstić information content (AvgIpc) is 2.77. The molecule has 1 N–H and O–H groups in total. The van der Waals surface area contributed by atoms with Crippen LogP contribution in [0.5, 0.6) is 0 Å². The van der Waals surface area contributed by atoms with Crippen molar-refractivity contribution in [2.45, 2.75) is 38.3 Å². The van der Waals surface area contributed by atoms with Gasteiger partial charge in [0.05, 0.1) is 4.47 Å². The molecule has 1 fully saturated rings. The SMILES string of the molecule is Fc1ccc(F)c(CNC2CCCC2)c1Br. The molecule has 1 aromatic carbocycles. The largest absolute Gasteiger partial charge is 0.310 e. The van der Waals surface area contributed by atoms with Crippen molar-refractivity contribution < 1.29 is 8.78 Å². The van der Waals surface area contributed by atoms with Gasteiger partial charge in [-0.3, -0.25) is 0 Å². The number of nitrogens with one attached hydrogen (secondary N) is 1. The molecule has 0 radical (unpaired) electrons. The molecule has 88 valence electrons. The van der Waals surface area contributed by atoms with Crippen LogP contribution in [0.4, 0.5) is 8.78 Å². The minimum Gasteiger partial charge on any atom is -0.310 e. The standard InChI is InChI=1S/C12H14BrF2N/c13-12-9(10(14)5-6-11(12)15)7-16-8-3-1-2-4-8/h5-6,8,16H,1-4,7H2. The van der Waals surface area contributed by atoms with Crippen molar-refractivity contribution in [3.05, 3.63) is 33.8 Å². The number of hydrogen-bond donors (Lipinski definition) is 1. The van der Waals surface area contributed by atoms with Gasteiger partial charge in [-0.25, -0.2) is 8.78 Å². The van der Waals surface area contributed by atoms with E-state index in [-0.39, 0.29) is 10.3 Å². The van der Waals surface area contributed by atoms with E-state index < -0.39 is 5.82 Å². The third kappa shape index (κ3) is 2.61. The zero-order chi connectivity index (χ0) is 11.5. The molecule has 0 amide bonds. The maximum atomic E-state index is 13.5. The van der Waals surface area contributed by atoms with Crippen LogP contribution in [-0.2, 0) is 6.54 Å². The van der Waals surface area contributed by atoms with E-state index in [2.05, 4.69) is 21.2 Å². The molecule has 4 heteroatoms. The molecule has 1 aliphatic rings. The molecule has 0 bridgehead atoms. The molecular formula is C12H14BrF2N. The molecule has 1 aromatic rings. The van der Waals surface area contributed by atoms with Gasteiger partial charge >= 0.3 is 0 Å². The molecule has 1 aliphatic carbocycles. The molecule has 1 saturated carbocycles. The lowest BCUT2D eigenvalue weighted by atomic mass is 10.2. The summed E-state index contributed by atoms with van der Waals surface area (Å²) in [6.07, 6.45) is 4.72. The van der Waals surface area contributed by atoms with Crippen LogP contribution in [0.2, 0.25) is 0 Å². The first-order valence-corrected chi connectivity index (χ1v) is 6.33. The third-order valence-corrected chi connectivity index (χ3v) is 3.92. The monoisotopic (exact) mass is 289 g/mol. The summed E-state index contributed by atoms with van der Waals surface area (Å²) in [4.78, 5) is 0. The predicted octanol–water partition coefficient (Wildman–Crippen LogP) is 3.76. The van der Waals surface area contributed by atoms with Crippen LogP contribution in [-0.4, -0.2) is 6.04 Å². The molecular weight excluding hydrogens is 276 g/mol. The van der Waals surface area contributed by atoms with E-state index in [0.717, 1.165) is 18.9 Å². The highest BCUT2D eigenvalue weighted by Crippen LogP contribution is 2.24. The fourth-order valence-corrected chi connectivity index (χ4v) is 2.57. The summed E-state index contributed by atoms with van der Waals surface area (Å²) in [6.45, 7) is 0.384. The van der Waals surface area contributed by atoms with Crippen molar-refractivity contribution in [3.8, 4) is 0 Å². The fourth-order valence-electron chi connectivity index (χ4n) is 2.11. The lowest BCUT2D eigenvalue weighted by Gasteiger charge is -2.13. The van der Waals surface area contributed by atoms with Crippen molar-refractivity contribution in [2.24, 2.45) is 0 Å². The highest BCUT2D eigenvalue weighted by molar-refractivity contribution is 9.10. The lowest BCUT2D eigenvalue weighted by molar-refractivity contribution is 0.502. The van der Waals surface area contributed by atoms with E-state index in [0.29, 0.717) is 18.2 Å². The van der Waals surface area contributed by atoms with Crippen LogP contribution in [0.1, 0.15) is 31.2 Å². The Hall–Kier alpha value is -0.480. The van der Waals surface area contributed by atoms with Gasteiger partial charge in [0, 0.05) is 18.2 Å². The first-order chi connectivity index (χ1) is 7.68. The maximum absolute atomic E-state index is 13.5. The number of benzene rings is 1. The van der Waals surface area contributed by atoms with E-state index in [1.54, 1.807) is 0 Å². The zero-order valence-electron chi connectivity index (χ0n) is 8.90. The maximum Gasteiger partial charge on any atom is 0.137 e. The summed E-state index contributed by atoms with van der Waals surface area (Å²) in [7, 11) is 0. The van der Waals surface area contributed by atoms with Crippen molar-refractivity contribution >= 4 is 15.9 Å². The van der Waals surface area contributed by atoms with E-state index >= 15 is 0 Å². The van der Waals surface area contributed by atoms with Gasteiger partial charge in [-0.05, 0) is 40.9 Å². The second-order valence-corrected chi connectivity index (χ2v) is 4.98. The van der Waals surface area contributed by atoms with Crippen molar-refractivity contribution in [2.75, 3.05) is 0 Å². The summed E-state index contributed by atoms with van der Waals surface area (Å²) in [6, 6.07) is 2.76. The highest BCUT2D eigenvalue weighted by atomic mass is 79.9. The van der Waals surface area contributed by atoms with Gasteiger partial charge in [0.1, 0.15) is 11.6 Å². The van der Waals surface area contributed by atoms with Crippen molar-refractivity contribution in [3.63, 3.8) is 0 Å². The van der Waals surface area contributed by atoms with Crippen molar-refractivity contribution in [1.82, 2.24) is 5.32 Å². The Bertz CT molecular complexity index is 376. The Kier molecular flexibility index (Phi) is 3.92. The lowest BCUT2D eigenvalue weighted by Crippen LogP contribution is -2.26. The topological polar surface area (TPSA) is 12.0 Å². The Morgan fingerprint density at radius 3 is 2.50 bits per heavy atom. The van der Waals surface area contributed by atoms with Gasteiger partial charge in [0.15, 0.2) is 0 Å². The highest BCUT2D eigenvalue weighted by Gasteiger charge is 2.16. The average molecular weight is 290 g/mol. The van der Waals surface area contributed by atoms with Gasteiger partial charge in [-0.2, -0.15) is 0 Å². The second-order valence-electron chi connectivity index (χ2n) is 4.18. The van der Waals surface area contributed by atoms with Crippen LogP contribution in [0.15, 0.2) is 16.6 Å². The van der Waals surface area contributed by atoms with Crippen LogP contribution in [0.25, 0.3) is 0 Å². The second kappa shape index (κ2) is 5.23. The number of rotatable bonds is 3.